The van der Waals surface area contributed by atoms with Crippen LogP contribution in [0.3, 0.4) is 0 Å². The Hall–Kier alpha value is -2.45. The number of aromatic nitrogens is 3. The van der Waals surface area contributed by atoms with Gasteiger partial charge in [-0.05, 0) is 22.4 Å². The van der Waals surface area contributed by atoms with Gasteiger partial charge >= 0.3 is 0 Å². The van der Waals surface area contributed by atoms with Crippen LogP contribution in [0.25, 0.3) is 0 Å². The highest BCUT2D eigenvalue weighted by Gasteiger charge is 2.19. The maximum absolute atomic E-state index is 4.64. The summed E-state index contributed by atoms with van der Waals surface area (Å²) in [6.45, 7) is 0. The predicted molar refractivity (Wildman–Crippen MR) is 94.7 cm³/mol. The third-order valence-electron chi connectivity index (χ3n) is 3.20. The van der Waals surface area contributed by atoms with E-state index in [1.165, 1.54) is 0 Å². The minimum atomic E-state index is 0.507. The van der Waals surface area contributed by atoms with Crippen LogP contribution in [0, 0.1) is 0 Å². The number of hydrogen-bond donors (Lipinski definition) is 1. The molecule has 0 bridgehead atoms. The van der Waals surface area contributed by atoms with E-state index in [9.17, 15) is 0 Å². The zero-order valence-electron chi connectivity index (χ0n) is 12.0. The Kier molecular flexibility index (Phi) is 3.91. The van der Waals surface area contributed by atoms with Gasteiger partial charge in [-0.15, -0.1) is 10.2 Å². The van der Waals surface area contributed by atoms with Crippen LogP contribution in [0.4, 0.5) is 5.95 Å². The van der Waals surface area contributed by atoms with Crippen LogP contribution in [0.1, 0.15) is 11.1 Å². The molecule has 8 heteroatoms. The molecule has 1 N–H and O–H groups in total. The summed E-state index contributed by atoms with van der Waals surface area (Å²) >= 11 is 3.24. The van der Waals surface area contributed by atoms with Gasteiger partial charge < -0.3 is 0 Å². The number of thiophene rings is 1. The molecule has 0 spiro atoms. The van der Waals surface area contributed by atoms with Crippen molar-refractivity contribution in [3.05, 3.63) is 58.3 Å². The first kappa shape index (κ1) is 14.2. The highest BCUT2D eigenvalue weighted by Crippen LogP contribution is 2.25. The summed E-state index contributed by atoms with van der Waals surface area (Å²) in [6, 6.07) is 12.1. The molecular formula is C15H12N6S2. The summed E-state index contributed by atoms with van der Waals surface area (Å²) in [7, 11) is 0. The molecule has 0 saturated carbocycles. The van der Waals surface area contributed by atoms with Gasteiger partial charge in [-0.1, -0.05) is 42.1 Å². The van der Waals surface area contributed by atoms with E-state index in [1.807, 2.05) is 35.0 Å². The highest BCUT2D eigenvalue weighted by molar-refractivity contribution is 7.99. The molecule has 3 aromatic rings. The van der Waals surface area contributed by atoms with Crippen molar-refractivity contribution in [3.8, 4) is 0 Å². The number of benzene rings is 1. The fourth-order valence-corrected chi connectivity index (χ4v) is 3.53. The van der Waals surface area contributed by atoms with E-state index in [2.05, 4.69) is 38.0 Å². The molecule has 0 amide bonds. The Morgan fingerprint density at radius 3 is 2.91 bits per heavy atom. The van der Waals surface area contributed by atoms with E-state index >= 15 is 0 Å². The molecule has 1 aromatic carbocycles. The summed E-state index contributed by atoms with van der Waals surface area (Å²) in [5.41, 5.74) is 6.05. The average molecular weight is 340 g/mol. The second kappa shape index (κ2) is 6.35. The van der Waals surface area contributed by atoms with Gasteiger partial charge in [0.2, 0.25) is 5.16 Å². The maximum Gasteiger partial charge on any atom is 0.266 e. The van der Waals surface area contributed by atoms with Crippen molar-refractivity contribution in [2.45, 2.75) is 5.16 Å². The number of thioether (sulfide) groups is 1. The van der Waals surface area contributed by atoms with Crippen molar-refractivity contribution in [2.24, 2.45) is 10.2 Å². The van der Waals surface area contributed by atoms with E-state index in [-0.39, 0.29) is 0 Å². The fraction of sp³-hybridized carbons (Fsp3) is 0.0667. The topological polar surface area (TPSA) is 67.5 Å². The minimum Gasteiger partial charge on any atom is -0.244 e. The molecule has 1 aliphatic rings. The Morgan fingerprint density at radius 1 is 1.17 bits per heavy atom. The summed E-state index contributed by atoms with van der Waals surface area (Å²) < 4.78 is 1.70. The van der Waals surface area contributed by atoms with Gasteiger partial charge in [0.25, 0.3) is 5.95 Å². The minimum absolute atomic E-state index is 0.507. The predicted octanol–water partition coefficient (Wildman–Crippen LogP) is 3.14. The van der Waals surface area contributed by atoms with Crippen molar-refractivity contribution in [3.63, 3.8) is 0 Å². The molecule has 0 aliphatic carbocycles. The van der Waals surface area contributed by atoms with Crippen molar-refractivity contribution in [1.29, 1.82) is 0 Å². The Balaban J connectivity index is 1.58. The van der Waals surface area contributed by atoms with Crippen molar-refractivity contribution < 1.29 is 0 Å². The quantitative estimate of drug-likeness (QED) is 0.585. The van der Waals surface area contributed by atoms with Crippen LogP contribution < -0.4 is 5.43 Å². The monoisotopic (exact) mass is 340 g/mol. The number of hydrazone groups is 1. The summed E-state index contributed by atoms with van der Waals surface area (Å²) in [5.74, 6) is 1.28. The second-order valence-corrected chi connectivity index (χ2v) is 6.47. The SMILES string of the molecule is C(=N\Nc1nnc2n1N=C(c1ccccc1)CS2)/c1ccsc1. The number of nitrogens with zero attached hydrogens (tertiary/aromatic N) is 5. The normalized spacial score (nSPS) is 13.8. The van der Waals surface area contributed by atoms with Crippen molar-refractivity contribution in [1.82, 2.24) is 14.9 Å². The molecule has 0 saturated heterocycles. The lowest BCUT2D eigenvalue weighted by Crippen LogP contribution is -2.14. The largest absolute Gasteiger partial charge is 0.266 e. The molecule has 0 atom stereocenters. The zero-order valence-corrected chi connectivity index (χ0v) is 13.6. The van der Waals surface area contributed by atoms with E-state index in [0.717, 1.165) is 27.7 Å². The standard InChI is InChI=1S/C15H12N6S2/c1-2-4-12(5-3-1)13-10-23-15-19-18-14(21(15)20-13)17-16-8-11-6-7-22-9-11/h1-9H,10H2,(H,17,18)/b16-8+. The smallest absolute Gasteiger partial charge is 0.244 e. The van der Waals surface area contributed by atoms with Gasteiger partial charge in [-0.25, -0.2) is 5.43 Å². The van der Waals surface area contributed by atoms with Gasteiger partial charge in [0, 0.05) is 11.3 Å². The lowest BCUT2D eigenvalue weighted by Gasteiger charge is -2.13. The van der Waals surface area contributed by atoms with E-state index in [4.69, 9.17) is 0 Å². The number of hydrogen-bond acceptors (Lipinski definition) is 7. The Labute approximate surface area is 141 Å². The summed E-state index contributed by atoms with van der Waals surface area (Å²) in [5, 5.41) is 21.9. The number of anilines is 1. The lowest BCUT2D eigenvalue weighted by molar-refractivity contribution is 0.760. The summed E-state index contributed by atoms with van der Waals surface area (Å²) in [4.78, 5) is 0. The molecule has 4 rings (SSSR count). The average Bonchev–Trinajstić information content (AvgIpc) is 3.25. The van der Waals surface area contributed by atoms with Gasteiger partial charge in [0.05, 0.1) is 11.9 Å². The van der Waals surface area contributed by atoms with Gasteiger partial charge in [-0.2, -0.15) is 26.2 Å². The van der Waals surface area contributed by atoms with Crippen LogP contribution in [-0.4, -0.2) is 32.6 Å². The van der Waals surface area contributed by atoms with E-state index in [0.29, 0.717) is 5.95 Å². The van der Waals surface area contributed by atoms with Gasteiger partial charge in [-0.3, -0.25) is 0 Å². The van der Waals surface area contributed by atoms with Crippen LogP contribution in [0.15, 0.2) is 62.5 Å². The highest BCUT2D eigenvalue weighted by atomic mass is 32.2. The van der Waals surface area contributed by atoms with Crippen LogP contribution >= 0.6 is 23.1 Å². The molecule has 23 heavy (non-hydrogen) atoms. The van der Waals surface area contributed by atoms with Crippen LogP contribution in [0.2, 0.25) is 0 Å². The fourth-order valence-electron chi connectivity index (χ4n) is 2.08. The first-order chi connectivity index (χ1) is 11.4. The van der Waals surface area contributed by atoms with Crippen LogP contribution in [0.5, 0.6) is 0 Å². The maximum atomic E-state index is 4.64. The third kappa shape index (κ3) is 3.03. The molecule has 0 radical (unpaired) electrons. The molecule has 3 heterocycles. The molecule has 6 nitrogen and oxygen atoms in total. The first-order valence-corrected chi connectivity index (χ1v) is 8.86. The third-order valence-corrected chi connectivity index (χ3v) is 4.83. The number of nitrogens with one attached hydrogen (secondary N) is 1. The second-order valence-electron chi connectivity index (χ2n) is 4.75. The van der Waals surface area contributed by atoms with E-state index < -0.39 is 0 Å². The van der Waals surface area contributed by atoms with E-state index in [1.54, 1.807) is 34.0 Å². The van der Waals surface area contributed by atoms with Crippen molar-refractivity contribution >= 4 is 41.0 Å². The Morgan fingerprint density at radius 2 is 2.09 bits per heavy atom. The summed E-state index contributed by atoms with van der Waals surface area (Å²) in [6.07, 6.45) is 1.75. The molecule has 0 fully saturated rings. The zero-order chi connectivity index (χ0) is 15.5. The van der Waals surface area contributed by atoms with Gasteiger partial charge in [0.1, 0.15) is 0 Å². The van der Waals surface area contributed by atoms with Crippen molar-refractivity contribution in [2.75, 3.05) is 11.2 Å². The Bertz CT molecular complexity index is 851. The number of fused-ring (bicyclic) bond motifs is 1. The molecule has 1 aliphatic heterocycles. The van der Waals surface area contributed by atoms with Gasteiger partial charge in [0.15, 0.2) is 0 Å². The van der Waals surface area contributed by atoms with Crippen LogP contribution in [-0.2, 0) is 0 Å². The first-order valence-electron chi connectivity index (χ1n) is 6.93. The number of rotatable bonds is 4. The molecule has 0 unspecified atom stereocenters. The molecule has 2 aromatic heterocycles. The molecular weight excluding hydrogens is 328 g/mol. The lowest BCUT2D eigenvalue weighted by atomic mass is 10.1. The molecule has 114 valence electrons.